The molecule has 0 saturated heterocycles. The summed E-state index contributed by atoms with van der Waals surface area (Å²) in [7, 11) is 1.65. The highest BCUT2D eigenvalue weighted by Gasteiger charge is 2.51. The van der Waals surface area contributed by atoms with E-state index in [1.54, 1.807) is 19.2 Å². The van der Waals surface area contributed by atoms with Gasteiger partial charge in [-0.25, -0.2) is 0 Å². The molecule has 1 fully saturated rings. The molecule has 1 N–H and O–H groups in total. The van der Waals surface area contributed by atoms with Crippen LogP contribution in [0.4, 0.5) is 0 Å². The first-order valence-corrected chi connectivity index (χ1v) is 9.42. The predicted octanol–water partition coefficient (Wildman–Crippen LogP) is 3.96. The van der Waals surface area contributed by atoms with Crippen LogP contribution in [-0.4, -0.2) is 29.2 Å². The van der Waals surface area contributed by atoms with E-state index in [1.165, 1.54) is 0 Å². The van der Waals surface area contributed by atoms with E-state index in [-0.39, 0.29) is 17.4 Å². The minimum Gasteiger partial charge on any atom is -0.497 e. The van der Waals surface area contributed by atoms with Gasteiger partial charge in [0.1, 0.15) is 5.75 Å². The third-order valence-corrected chi connectivity index (χ3v) is 5.03. The van der Waals surface area contributed by atoms with E-state index >= 15 is 0 Å². The lowest BCUT2D eigenvalue weighted by molar-refractivity contribution is 0.0943. The van der Waals surface area contributed by atoms with Crippen molar-refractivity contribution in [2.75, 3.05) is 7.11 Å². The molecule has 0 spiro atoms. The Morgan fingerprint density at radius 1 is 1.18 bits per heavy atom. The molecule has 0 bridgehead atoms. The molecule has 6 heteroatoms. The highest BCUT2D eigenvalue weighted by Crippen LogP contribution is 2.53. The maximum Gasteiger partial charge on any atom is 0.251 e. The molecular weight excluding hydrogens is 354 g/mol. The number of aromatic nitrogens is 2. The molecule has 1 heterocycles. The number of amides is 1. The zero-order chi connectivity index (χ0) is 19.7. The average molecular weight is 377 g/mol. The highest BCUT2D eigenvalue weighted by atomic mass is 16.5. The van der Waals surface area contributed by atoms with Crippen molar-refractivity contribution in [3.8, 4) is 17.1 Å². The fourth-order valence-corrected chi connectivity index (χ4v) is 3.34. The lowest BCUT2D eigenvalue weighted by Crippen LogP contribution is -2.30. The molecule has 1 aliphatic carbocycles. The van der Waals surface area contributed by atoms with Gasteiger partial charge in [-0.15, -0.1) is 0 Å². The van der Waals surface area contributed by atoms with E-state index < -0.39 is 0 Å². The molecule has 0 unspecified atom stereocenters. The Morgan fingerprint density at radius 2 is 1.93 bits per heavy atom. The Bertz CT molecular complexity index is 988. The Kier molecular flexibility index (Phi) is 4.63. The van der Waals surface area contributed by atoms with Crippen molar-refractivity contribution in [2.45, 2.75) is 38.1 Å². The third kappa shape index (κ3) is 3.38. The number of hydrogen-bond acceptors (Lipinski definition) is 5. The summed E-state index contributed by atoms with van der Waals surface area (Å²) < 4.78 is 10.9. The van der Waals surface area contributed by atoms with Gasteiger partial charge in [0.25, 0.3) is 5.91 Å². The summed E-state index contributed by atoms with van der Waals surface area (Å²) in [5, 5.41) is 7.07. The number of methoxy groups -OCH3 is 1. The number of nitrogens with one attached hydrogen (secondary N) is 1. The number of hydrogen-bond donors (Lipinski definition) is 1. The average Bonchev–Trinajstić information content (AvgIpc) is 3.36. The summed E-state index contributed by atoms with van der Waals surface area (Å²) >= 11 is 0. The van der Waals surface area contributed by atoms with Gasteiger partial charge in [-0.3, -0.25) is 4.79 Å². The second-order valence-corrected chi connectivity index (χ2v) is 7.44. The Labute approximate surface area is 163 Å². The Hall–Kier alpha value is -3.15. The SMILES string of the molecule is COc1ccc(C2(c3nc(-c4cccc(C(=O)NC(C)C)c4)no3)CC2)cc1. The first-order valence-electron chi connectivity index (χ1n) is 9.42. The lowest BCUT2D eigenvalue weighted by atomic mass is 9.96. The van der Waals surface area contributed by atoms with Crippen LogP contribution in [0, 0.1) is 0 Å². The van der Waals surface area contributed by atoms with Crippen molar-refractivity contribution in [3.05, 3.63) is 65.5 Å². The Balaban J connectivity index is 1.60. The molecular formula is C22H23N3O3. The zero-order valence-electron chi connectivity index (χ0n) is 16.2. The van der Waals surface area contributed by atoms with Gasteiger partial charge in [0, 0.05) is 17.2 Å². The lowest BCUT2D eigenvalue weighted by Gasteiger charge is -2.11. The molecule has 4 rings (SSSR count). The van der Waals surface area contributed by atoms with Crippen molar-refractivity contribution in [3.63, 3.8) is 0 Å². The fraction of sp³-hybridized carbons (Fsp3) is 0.318. The van der Waals surface area contributed by atoms with Gasteiger partial charge >= 0.3 is 0 Å². The number of carbonyl (C=O) groups is 1. The minimum atomic E-state index is -0.218. The smallest absolute Gasteiger partial charge is 0.251 e. The maximum atomic E-state index is 12.3. The predicted molar refractivity (Wildman–Crippen MR) is 105 cm³/mol. The molecule has 0 radical (unpaired) electrons. The standard InChI is InChI=1S/C22H23N3O3/c1-14(2)23-20(26)16-6-4-5-15(13-16)19-24-21(28-25-19)22(11-12-22)17-7-9-18(27-3)10-8-17/h4-10,13-14H,11-12H2,1-3H3,(H,23,26). The number of nitrogens with zero attached hydrogens (tertiary/aromatic N) is 2. The number of ether oxygens (including phenoxy) is 1. The van der Waals surface area contributed by atoms with Crippen molar-refractivity contribution < 1.29 is 14.1 Å². The summed E-state index contributed by atoms with van der Waals surface area (Å²) in [6.45, 7) is 3.86. The van der Waals surface area contributed by atoms with Crippen LogP contribution >= 0.6 is 0 Å². The molecule has 0 atom stereocenters. The summed E-state index contributed by atoms with van der Waals surface area (Å²) in [5.41, 5.74) is 2.27. The zero-order valence-corrected chi connectivity index (χ0v) is 16.2. The van der Waals surface area contributed by atoms with Crippen LogP contribution in [0.3, 0.4) is 0 Å². The normalized spacial score (nSPS) is 14.7. The molecule has 6 nitrogen and oxygen atoms in total. The van der Waals surface area contributed by atoms with Gasteiger partial charge in [-0.2, -0.15) is 4.98 Å². The molecule has 144 valence electrons. The van der Waals surface area contributed by atoms with Crippen LogP contribution in [-0.2, 0) is 5.41 Å². The molecule has 1 aliphatic rings. The van der Waals surface area contributed by atoms with Crippen molar-refractivity contribution in [1.29, 1.82) is 0 Å². The largest absolute Gasteiger partial charge is 0.497 e. The molecule has 0 aliphatic heterocycles. The molecule has 1 amide bonds. The van der Waals surface area contributed by atoms with Crippen LogP contribution < -0.4 is 10.1 Å². The van der Waals surface area contributed by atoms with E-state index in [1.807, 2.05) is 50.2 Å². The summed E-state index contributed by atoms with van der Waals surface area (Å²) in [6.07, 6.45) is 1.94. The number of rotatable bonds is 6. The topological polar surface area (TPSA) is 77.2 Å². The molecule has 1 aromatic heterocycles. The quantitative estimate of drug-likeness (QED) is 0.703. The summed E-state index contributed by atoms with van der Waals surface area (Å²) in [4.78, 5) is 16.9. The van der Waals surface area contributed by atoms with Crippen LogP contribution in [0.2, 0.25) is 0 Å². The second kappa shape index (κ2) is 7.11. The molecule has 28 heavy (non-hydrogen) atoms. The number of benzene rings is 2. The van der Waals surface area contributed by atoms with Crippen molar-refractivity contribution in [2.24, 2.45) is 0 Å². The molecule has 2 aromatic carbocycles. The number of carbonyl (C=O) groups excluding carboxylic acids is 1. The second-order valence-electron chi connectivity index (χ2n) is 7.44. The van der Waals surface area contributed by atoms with Gasteiger partial charge in [0.15, 0.2) is 0 Å². The first kappa shape index (κ1) is 18.2. The fourth-order valence-electron chi connectivity index (χ4n) is 3.34. The van der Waals surface area contributed by atoms with E-state index in [0.29, 0.717) is 17.3 Å². The third-order valence-electron chi connectivity index (χ3n) is 5.03. The van der Waals surface area contributed by atoms with Crippen molar-refractivity contribution in [1.82, 2.24) is 15.5 Å². The van der Waals surface area contributed by atoms with E-state index in [0.717, 1.165) is 29.7 Å². The van der Waals surface area contributed by atoms with Gasteiger partial charge in [-0.1, -0.05) is 29.4 Å². The minimum absolute atomic E-state index is 0.0761. The van der Waals surface area contributed by atoms with Crippen molar-refractivity contribution >= 4 is 5.91 Å². The van der Waals surface area contributed by atoms with Crippen LogP contribution in [0.15, 0.2) is 53.1 Å². The molecule has 3 aromatic rings. The van der Waals surface area contributed by atoms with E-state index in [2.05, 4.69) is 15.5 Å². The van der Waals surface area contributed by atoms with E-state index in [4.69, 9.17) is 9.26 Å². The van der Waals surface area contributed by atoms with Gasteiger partial charge in [0.05, 0.1) is 12.5 Å². The van der Waals surface area contributed by atoms with Crippen LogP contribution in [0.5, 0.6) is 5.75 Å². The van der Waals surface area contributed by atoms with Gasteiger partial charge in [-0.05, 0) is 56.5 Å². The summed E-state index contributed by atoms with van der Waals surface area (Å²) in [5.74, 6) is 1.82. The highest BCUT2D eigenvalue weighted by molar-refractivity contribution is 5.95. The summed E-state index contributed by atoms with van der Waals surface area (Å²) in [6, 6.07) is 15.4. The molecule has 1 saturated carbocycles. The Morgan fingerprint density at radius 3 is 2.57 bits per heavy atom. The maximum absolute atomic E-state index is 12.3. The van der Waals surface area contributed by atoms with Crippen LogP contribution in [0.1, 0.15) is 48.5 Å². The monoisotopic (exact) mass is 377 g/mol. The van der Waals surface area contributed by atoms with Gasteiger partial charge < -0.3 is 14.6 Å². The first-order chi connectivity index (χ1) is 13.5. The van der Waals surface area contributed by atoms with Crippen LogP contribution in [0.25, 0.3) is 11.4 Å². The van der Waals surface area contributed by atoms with E-state index in [9.17, 15) is 4.79 Å². The van der Waals surface area contributed by atoms with Gasteiger partial charge in [0.2, 0.25) is 11.7 Å².